The van der Waals surface area contributed by atoms with E-state index in [9.17, 15) is 4.79 Å². The van der Waals surface area contributed by atoms with Gasteiger partial charge in [-0.25, -0.2) is 4.98 Å². The molecule has 0 atom stereocenters. The quantitative estimate of drug-likeness (QED) is 0.674. The topological polar surface area (TPSA) is 58.4 Å². The first kappa shape index (κ1) is 18.3. The number of amides is 1. The predicted molar refractivity (Wildman–Crippen MR) is 112 cm³/mol. The number of benzene rings is 2. The molecule has 0 radical (unpaired) electrons. The average molecular weight is 375 g/mol. The predicted octanol–water partition coefficient (Wildman–Crippen LogP) is 5.28. The van der Waals surface area contributed by atoms with Crippen molar-refractivity contribution in [3.63, 3.8) is 0 Å². The molecule has 1 N–H and O–H groups in total. The fourth-order valence-corrected chi connectivity index (χ4v) is 3.59. The normalized spacial score (nSPS) is 14.5. The molecule has 1 aromatic heterocycles. The molecule has 28 heavy (non-hydrogen) atoms. The molecule has 3 aromatic rings. The van der Waals surface area contributed by atoms with Gasteiger partial charge in [0.15, 0.2) is 5.69 Å². The van der Waals surface area contributed by atoms with Crippen molar-refractivity contribution >= 4 is 17.3 Å². The molecule has 0 saturated carbocycles. The van der Waals surface area contributed by atoms with E-state index in [1.807, 2.05) is 42.5 Å². The zero-order chi connectivity index (χ0) is 19.3. The number of rotatable bonds is 4. The Morgan fingerprint density at radius 3 is 2.32 bits per heavy atom. The van der Waals surface area contributed by atoms with Gasteiger partial charge >= 0.3 is 0 Å². The number of aromatic nitrogens is 1. The molecule has 1 amide bonds. The molecule has 2 heterocycles. The fraction of sp³-hybridized carbons (Fsp3) is 0.304. The molecule has 4 rings (SSSR count). The van der Waals surface area contributed by atoms with Crippen LogP contribution in [-0.4, -0.2) is 24.0 Å². The summed E-state index contributed by atoms with van der Waals surface area (Å²) in [6.07, 6.45) is 5.11. The zero-order valence-corrected chi connectivity index (χ0v) is 16.1. The summed E-state index contributed by atoms with van der Waals surface area (Å²) in [5.74, 6) is 0.711. The van der Waals surface area contributed by atoms with Crippen LogP contribution in [0.3, 0.4) is 0 Å². The number of nitrogens with one attached hydrogen (secondary N) is 1. The second kappa shape index (κ2) is 8.30. The molecule has 0 unspecified atom stereocenters. The van der Waals surface area contributed by atoms with Gasteiger partial charge in [0.2, 0.25) is 5.89 Å². The Kier molecular flexibility index (Phi) is 5.42. The maximum atomic E-state index is 12.7. The summed E-state index contributed by atoms with van der Waals surface area (Å²) in [4.78, 5) is 19.5. The second-order valence-corrected chi connectivity index (χ2v) is 7.19. The summed E-state index contributed by atoms with van der Waals surface area (Å²) < 4.78 is 5.69. The number of hydrogen-bond acceptors (Lipinski definition) is 4. The monoisotopic (exact) mass is 375 g/mol. The third-order valence-corrected chi connectivity index (χ3v) is 5.13. The first-order valence-corrected chi connectivity index (χ1v) is 9.90. The highest BCUT2D eigenvalue weighted by atomic mass is 16.4. The van der Waals surface area contributed by atoms with Crippen molar-refractivity contribution in [2.45, 2.75) is 32.6 Å². The number of aryl methyl sites for hydroxylation is 1. The molecular formula is C23H25N3O2. The molecule has 144 valence electrons. The standard InChI is InChI=1S/C23H25N3O2/c1-17-21(25-23(28-17)18-9-5-4-6-10-18)22(27)24-19-11-13-20(14-12-19)26-15-7-2-3-8-16-26/h4-6,9-14H,2-3,7-8,15-16H2,1H3,(H,24,27). The van der Waals surface area contributed by atoms with E-state index in [1.165, 1.54) is 31.4 Å². The van der Waals surface area contributed by atoms with Crippen LogP contribution in [-0.2, 0) is 0 Å². The van der Waals surface area contributed by atoms with Gasteiger partial charge in [0.1, 0.15) is 5.76 Å². The molecule has 5 nitrogen and oxygen atoms in total. The number of oxazole rings is 1. The molecule has 1 aliphatic rings. The van der Waals surface area contributed by atoms with Crippen LogP contribution in [0, 0.1) is 6.92 Å². The van der Waals surface area contributed by atoms with E-state index in [2.05, 4.69) is 27.3 Å². The Morgan fingerprint density at radius 2 is 1.64 bits per heavy atom. The summed E-state index contributed by atoms with van der Waals surface area (Å²) in [6.45, 7) is 3.97. The SMILES string of the molecule is Cc1oc(-c2ccccc2)nc1C(=O)Nc1ccc(N2CCCCCC2)cc1. The Labute approximate surface area is 165 Å². The lowest BCUT2D eigenvalue weighted by Crippen LogP contribution is -2.23. The van der Waals surface area contributed by atoms with Crippen LogP contribution < -0.4 is 10.2 Å². The van der Waals surface area contributed by atoms with E-state index in [-0.39, 0.29) is 5.91 Å². The minimum Gasteiger partial charge on any atom is -0.441 e. The highest BCUT2D eigenvalue weighted by Gasteiger charge is 2.18. The summed E-state index contributed by atoms with van der Waals surface area (Å²) in [5.41, 5.74) is 3.14. The largest absolute Gasteiger partial charge is 0.441 e. The summed E-state index contributed by atoms with van der Waals surface area (Å²) in [5, 5.41) is 2.93. The van der Waals surface area contributed by atoms with E-state index < -0.39 is 0 Å². The Morgan fingerprint density at radius 1 is 0.964 bits per heavy atom. The number of carbonyl (C=O) groups excluding carboxylic acids is 1. The highest BCUT2D eigenvalue weighted by molar-refractivity contribution is 6.03. The van der Waals surface area contributed by atoms with E-state index in [0.717, 1.165) is 24.3 Å². The van der Waals surface area contributed by atoms with Crippen molar-refractivity contribution in [2.24, 2.45) is 0 Å². The van der Waals surface area contributed by atoms with Crippen LogP contribution in [0.25, 0.3) is 11.5 Å². The summed E-state index contributed by atoms with van der Waals surface area (Å²) in [7, 11) is 0. The first-order valence-electron chi connectivity index (χ1n) is 9.90. The van der Waals surface area contributed by atoms with Gasteiger partial charge in [-0.3, -0.25) is 4.79 Å². The fourth-order valence-electron chi connectivity index (χ4n) is 3.59. The van der Waals surface area contributed by atoms with E-state index in [1.54, 1.807) is 6.92 Å². The smallest absolute Gasteiger partial charge is 0.277 e. The van der Waals surface area contributed by atoms with E-state index in [4.69, 9.17) is 4.42 Å². The van der Waals surface area contributed by atoms with Crippen LogP contribution in [0.2, 0.25) is 0 Å². The Bertz CT molecular complexity index is 924. The van der Waals surface area contributed by atoms with Crippen LogP contribution >= 0.6 is 0 Å². The van der Waals surface area contributed by atoms with Crippen molar-refractivity contribution < 1.29 is 9.21 Å². The van der Waals surface area contributed by atoms with Gasteiger partial charge in [-0.2, -0.15) is 0 Å². The van der Waals surface area contributed by atoms with Crippen molar-refractivity contribution in [3.05, 3.63) is 66.1 Å². The van der Waals surface area contributed by atoms with Gasteiger partial charge in [0.05, 0.1) is 0 Å². The third-order valence-electron chi connectivity index (χ3n) is 5.13. The molecule has 0 aliphatic carbocycles. The Balaban J connectivity index is 1.46. The van der Waals surface area contributed by atoms with Gasteiger partial charge in [0, 0.05) is 30.0 Å². The first-order chi connectivity index (χ1) is 13.7. The molecule has 5 heteroatoms. The van der Waals surface area contributed by atoms with Crippen molar-refractivity contribution in [3.8, 4) is 11.5 Å². The minimum absolute atomic E-state index is 0.258. The summed E-state index contributed by atoms with van der Waals surface area (Å²) >= 11 is 0. The van der Waals surface area contributed by atoms with Crippen molar-refractivity contribution in [1.29, 1.82) is 0 Å². The molecule has 1 saturated heterocycles. The molecule has 2 aromatic carbocycles. The van der Waals surface area contributed by atoms with Crippen LogP contribution in [0.1, 0.15) is 41.9 Å². The lowest BCUT2D eigenvalue weighted by Gasteiger charge is -2.22. The summed E-state index contributed by atoms with van der Waals surface area (Å²) in [6, 6.07) is 17.6. The number of hydrogen-bond donors (Lipinski definition) is 1. The van der Waals surface area contributed by atoms with Gasteiger partial charge in [-0.05, 0) is 56.2 Å². The molecule has 1 aliphatic heterocycles. The highest BCUT2D eigenvalue weighted by Crippen LogP contribution is 2.24. The van der Waals surface area contributed by atoms with Crippen LogP contribution in [0.15, 0.2) is 59.0 Å². The molecular weight excluding hydrogens is 350 g/mol. The van der Waals surface area contributed by atoms with E-state index in [0.29, 0.717) is 17.3 Å². The number of carbonyl (C=O) groups is 1. The van der Waals surface area contributed by atoms with Crippen LogP contribution in [0.5, 0.6) is 0 Å². The van der Waals surface area contributed by atoms with Gasteiger partial charge in [-0.1, -0.05) is 31.0 Å². The maximum absolute atomic E-state index is 12.7. The van der Waals surface area contributed by atoms with Gasteiger partial charge in [-0.15, -0.1) is 0 Å². The maximum Gasteiger partial charge on any atom is 0.277 e. The van der Waals surface area contributed by atoms with Crippen molar-refractivity contribution in [2.75, 3.05) is 23.3 Å². The molecule has 0 bridgehead atoms. The number of anilines is 2. The van der Waals surface area contributed by atoms with Crippen LogP contribution in [0.4, 0.5) is 11.4 Å². The molecule has 1 fully saturated rings. The average Bonchev–Trinajstić information content (AvgIpc) is 2.93. The van der Waals surface area contributed by atoms with Gasteiger partial charge < -0.3 is 14.6 Å². The Hall–Kier alpha value is -3.08. The lowest BCUT2D eigenvalue weighted by molar-refractivity contribution is 0.102. The zero-order valence-electron chi connectivity index (χ0n) is 16.1. The second-order valence-electron chi connectivity index (χ2n) is 7.19. The molecule has 0 spiro atoms. The van der Waals surface area contributed by atoms with Crippen molar-refractivity contribution in [1.82, 2.24) is 4.98 Å². The third kappa shape index (κ3) is 4.09. The van der Waals surface area contributed by atoms with Gasteiger partial charge in [0.25, 0.3) is 5.91 Å². The van der Waals surface area contributed by atoms with E-state index >= 15 is 0 Å². The lowest BCUT2D eigenvalue weighted by atomic mass is 10.2. The minimum atomic E-state index is -0.258. The number of nitrogens with zero attached hydrogens (tertiary/aromatic N) is 2.